The quantitative estimate of drug-likeness (QED) is 0.908. The number of nitrogens with one attached hydrogen (secondary N) is 1. The summed E-state index contributed by atoms with van der Waals surface area (Å²) in [6, 6.07) is 5.27. The lowest BCUT2D eigenvalue weighted by Gasteiger charge is -2.30. The molecule has 1 aromatic rings. The minimum Gasteiger partial charge on any atom is -0.302 e. The maximum atomic E-state index is 12.3. The molecule has 2 rings (SSSR count). The van der Waals surface area contributed by atoms with Gasteiger partial charge in [0.2, 0.25) is 10.0 Å². The first-order valence-corrected chi connectivity index (χ1v) is 9.16. The molecule has 0 spiro atoms. The molecule has 21 heavy (non-hydrogen) atoms. The molecule has 1 aliphatic heterocycles. The molecule has 0 aromatic heterocycles. The van der Waals surface area contributed by atoms with Crippen molar-refractivity contribution in [2.75, 3.05) is 26.2 Å². The Balaban J connectivity index is 1.90. The van der Waals surface area contributed by atoms with Crippen LogP contribution in [0.25, 0.3) is 0 Å². The lowest BCUT2D eigenvalue weighted by molar-refractivity contribution is 0.187. The van der Waals surface area contributed by atoms with Gasteiger partial charge in [-0.3, -0.25) is 0 Å². The smallest absolute Gasteiger partial charge is 0.240 e. The zero-order valence-corrected chi connectivity index (χ0v) is 14.0. The summed E-state index contributed by atoms with van der Waals surface area (Å²) in [5.41, 5.74) is 2.11. The second-order valence-electron chi connectivity index (χ2n) is 6.19. The second kappa shape index (κ2) is 6.90. The molecule has 0 bridgehead atoms. The van der Waals surface area contributed by atoms with Gasteiger partial charge in [-0.15, -0.1) is 0 Å². The van der Waals surface area contributed by atoms with Crippen molar-refractivity contribution in [3.8, 4) is 0 Å². The minimum absolute atomic E-state index is 0.359. The van der Waals surface area contributed by atoms with Crippen molar-refractivity contribution in [2.45, 2.75) is 38.5 Å². The van der Waals surface area contributed by atoms with Crippen LogP contribution in [0.3, 0.4) is 0 Å². The molecule has 1 unspecified atom stereocenters. The van der Waals surface area contributed by atoms with Crippen LogP contribution in [0.15, 0.2) is 23.1 Å². The number of nitrogens with zero attached hydrogens (tertiary/aromatic N) is 1. The molecule has 1 heterocycles. The number of rotatable bonds is 5. The summed E-state index contributed by atoms with van der Waals surface area (Å²) in [6.07, 6.45) is 2.50. The van der Waals surface area contributed by atoms with E-state index in [9.17, 15) is 8.42 Å². The monoisotopic (exact) mass is 310 g/mol. The van der Waals surface area contributed by atoms with E-state index in [2.05, 4.69) is 16.5 Å². The molecule has 0 aliphatic carbocycles. The summed E-state index contributed by atoms with van der Waals surface area (Å²) in [5, 5.41) is 0. The number of hydrogen-bond donors (Lipinski definition) is 1. The number of aryl methyl sites for hydroxylation is 2. The van der Waals surface area contributed by atoms with Crippen LogP contribution in [0.4, 0.5) is 0 Å². The Morgan fingerprint density at radius 1 is 1.29 bits per heavy atom. The topological polar surface area (TPSA) is 49.4 Å². The molecule has 1 aromatic carbocycles. The molecule has 4 nitrogen and oxygen atoms in total. The highest BCUT2D eigenvalue weighted by molar-refractivity contribution is 7.89. The van der Waals surface area contributed by atoms with Crippen LogP contribution in [0.2, 0.25) is 0 Å². The van der Waals surface area contributed by atoms with E-state index in [1.165, 1.54) is 12.8 Å². The Kier molecular flexibility index (Phi) is 5.41. The number of sulfonamides is 1. The van der Waals surface area contributed by atoms with E-state index in [0.29, 0.717) is 11.4 Å². The van der Waals surface area contributed by atoms with Gasteiger partial charge in [0.15, 0.2) is 0 Å². The number of likely N-dealkylation sites (tertiary alicyclic amines) is 1. The largest absolute Gasteiger partial charge is 0.302 e. The van der Waals surface area contributed by atoms with Gasteiger partial charge in [0.1, 0.15) is 0 Å². The predicted octanol–water partition coefficient (Wildman–Crippen LogP) is 2.31. The zero-order chi connectivity index (χ0) is 15.5. The first-order chi connectivity index (χ1) is 9.88. The highest BCUT2D eigenvalue weighted by atomic mass is 32.2. The van der Waals surface area contributed by atoms with E-state index in [4.69, 9.17) is 0 Å². The molecule has 0 saturated carbocycles. The Morgan fingerprint density at radius 3 is 2.71 bits per heavy atom. The normalized spacial score (nSPS) is 20.6. The number of hydrogen-bond acceptors (Lipinski definition) is 3. The van der Waals surface area contributed by atoms with Crippen LogP contribution >= 0.6 is 0 Å². The third kappa shape index (κ3) is 4.53. The minimum atomic E-state index is -3.39. The van der Waals surface area contributed by atoms with Crippen LogP contribution in [0.1, 0.15) is 30.9 Å². The van der Waals surface area contributed by atoms with Crippen molar-refractivity contribution >= 4 is 10.0 Å². The Bertz CT molecular complexity index is 584. The Labute approximate surface area is 128 Å². The van der Waals surface area contributed by atoms with Gasteiger partial charge < -0.3 is 4.90 Å². The maximum absolute atomic E-state index is 12.3. The molecule has 1 N–H and O–H groups in total. The summed E-state index contributed by atoms with van der Waals surface area (Å²) < 4.78 is 27.3. The Morgan fingerprint density at radius 2 is 2.05 bits per heavy atom. The zero-order valence-electron chi connectivity index (χ0n) is 13.2. The van der Waals surface area contributed by atoms with Crippen molar-refractivity contribution in [2.24, 2.45) is 5.92 Å². The van der Waals surface area contributed by atoms with Gasteiger partial charge in [0.05, 0.1) is 4.90 Å². The number of benzene rings is 1. The average Bonchev–Trinajstić information content (AvgIpc) is 2.41. The van der Waals surface area contributed by atoms with Crippen LogP contribution in [0, 0.1) is 19.8 Å². The standard InChI is InChI=1S/C16H26N2O2S/c1-13-5-4-9-18(12-13)10-8-17-21(19,20)16-7-6-14(2)15(3)11-16/h6-7,11,13,17H,4-5,8-10,12H2,1-3H3. The molecular weight excluding hydrogens is 284 g/mol. The summed E-state index contributed by atoms with van der Waals surface area (Å²) in [7, 11) is -3.39. The van der Waals surface area contributed by atoms with Gasteiger partial charge in [-0.2, -0.15) is 0 Å². The fourth-order valence-electron chi connectivity index (χ4n) is 2.79. The SMILES string of the molecule is Cc1ccc(S(=O)(=O)NCCN2CCCC(C)C2)cc1C. The van der Waals surface area contributed by atoms with Gasteiger partial charge in [0, 0.05) is 19.6 Å². The summed E-state index contributed by atoms with van der Waals surface area (Å²) in [4.78, 5) is 2.70. The molecular formula is C16H26N2O2S. The van der Waals surface area contributed by atoms with Gasteiger partial charge in [-0.1, -0.05) is 13.0 Å². The molecule has 1 fully saturated rings. The lowest BCUT2D eigenvalue weighted by Crippen LogP contribution is -2.40. The molecule has 1 atom stereocenters. The second-order valence-corrected chi connectivity index (χ2v) is 7.96. The van der Waals surface area contributed by atoms with E-state index in [1.807, 2.05) is 19.9 Å². The summed E-state index contributed by atoms with van der Waals surface area (Å²) >= 11 is 0. The predicted molar refractivity (Wildman–Crippen MR) is 85.9 cm³/mol. The molecule has 1 aliphatic rings. The van der Waals surface area contributed by atoms with E-state index < -0.39 is 10.0 Å². The highest BCUT2D eigenvalue weighted by Crippen LogP contribution is 2.16. The fraction of sp³-hybridized carbons (Fsp3) is 0.625. The number of piperidine rings is 1. The van der Waals surface area contributed by atoms with Crippen LogP contribution in [-0.2, 0) is 10.0 Å². The van der Waals surface area contributed by atoms with Gasteiger partial charge in [-0.25, -0.2) is 13.1 Å². The maximum Gasteiger partial charge on any atom is 0.240 e. The molecule has 118 valence electrons. The molecule has 0 radical (unpaired) electrons. The van der Waals surface area contributed by atoms with Crippen molar-refractivity contribution in [1.82, 2.24) is 9.62 Å². The highest BCUT2D eigenvalue weighted by Gasteiger charge is 2.18. The van der Waals surface area contributed by atoms with E-state index in [-0.39, 0.29) is 0 Å². The van der Waals surface area contributed by atoms with E-state index >= 15 is 0 Å². The van der Waals surface area contributed by atoms with Crippen molar-refractivity contribution < 1.29 is 8.42 Å². The van der Waals surface area contributed by atoms with E-state index in [1.54, 1.807) is 12.1 Å². The third-order valence-corrected chi connectivity index (χ3v) is 5.71. The van der Waals surface area contributed by atoms with Crippen molar-refractivity contribution in [3.05, 3.63) is 29.3 Å². The Hall–Kier alpha value is -0.910. The first kappa shape index (κ1) is 16.5. The van der Waals surface area contributed by atoms with Gasteiger partial charge in [-0.05, 0) is 62.4 Å². The third-order valence-electron chi connectivity index (χ3n) is 4.25. The fourth-order valence-corrected chi connectivity index (χ4v) is 3.90. The first-order valence-electron chi connectivity index (χ1n) is 7.68. The molecule has 1 saturated heterocycles. The van der Waals surface area contributed by atoms with Crippen molar-refractivity contribution in [3.63, 3.8) is 0 Å². The summed E-state index contributed by atoms with van der Waals surface area (Å²) in [6.45, 7) is 9.59. The molecule has 5 heteroatoms. The van der Waals surface area contributed by atoms with Crippen LogP contribution in [-0.4, -0.2) is 39.5 Å². The lowest BCUT2D eigenvalue weighted by atomic mass is 10.0. The van der Waals surface area contributed by atoms with Crippen molar-refractivity contribution in [1.29, 1.82) is 0 Å². The van der Waals surface area contributed by atoms with E-state index in [0.717, 1.165) is 36.7 Å². The average molecular weight is 310 g/mol. The van der Waals surface area contributed by atoms with Crippen LogP contribution in [0.5, 0.6) is 0 Å². The summed E-state index contributed by atoms with van der Waals surface area (Å²) in [5.74, 6) is 0.718. The molecule has 0 amide bonds. The van der Waals surface area contributed by atoms with Crippen LogP contribution < -0.4 is 4.72 Å². The van der Waals surface area contributed by atoms with Gasteiger partial charge in [0.25, 0.3) is 0 Å². The van der Waals surface area contributed by atoms with Gasteiger partial charge >= 0.3 is 0 Å².